The lowest BCUT2D eigenvalue weighted by Crippen LogP contribution is -1.98. The van der Waals surface area contributed by atoms with Gasteiger partial charge in [0.05, 0.1) is 5.69 Å². The van der Waals surface area contributed by atoms with Crippen molar-refractivity contribution < 1.29 is 0 Å². The second kappa shape index (κ2) is 5.83. The zero-order valence-corrected chi connectivity index (χ0v) is 13.9. The lowest BCUT2D eigenvalue weighted by atomic mass is 10.2. The fourth-order valence-electron chi connectivity index (χ4n) is 2.52. The van der Waals surface area contributed by atoms with E-state index in [9.17, 15) is 5.26 Å². The molecule has 0 fully saturated rings. The number of hydrogen-bond acceptors (Lipinski definition) is 4. The Hall–Kier alpha value is -3.11. The Morgan fingerprint density at radius 3 is 2.71 bits per heavy atom. The number of benzene rings is 1. The number of para-hydroxylation sites is 1. The Morgan fingerprint density at radius 1 is 1.17 bits per heavy atom. The van der Waals surface area contributed by atoms with Crippen molar-refractivity contribution in [1.82, 2.24) is 19.6 Å². The molecule has 0 aliphatic rings. The van der Waals surface area contributed by atoms with Crippen LogP contribution in [0.5, 0.6) is 0 Å². The van der Waals surface area contributed by atoms with Gasteiger partial charge in [-0.1, -0.05) is 12.1 Å². The topological polar surface area (TPSA) is 81.8 Å². The van der Waals surface area contributed by atoms with E-state index in [4.69, 9.17) is 0 Å². The number of fused-ring (bicyclic) bond motifs is 1. The zero-order chi connectivity index (χ0) is 16.5. The van der Waals surface area contributed by atoms with Crippen LogP contribution in [-0.2, 0) is 0 Å². The molecule has 0 radical (unpaired) electrons. The summed E-state index contributed by atoms with van der Waals surface area (Å²) in [5.74, 6) is 0.754. The van der Waals surface area contributed by atoms with E-state index in [0.717, 1.165) is 27.2 Å². The van der Waals surface area contributed by atoms with Crippen LogP contribution in [-0.4, -0.2) is 19.6 Å². The Morgan fingerprint density at radius 2 is 1.96 bits per heavy atom. The van der Waals surface area contributed by atoms with Gasteiger partial charge in [0.15, 0.2) is 11.5 Å². The predicted molar refractivity (Wildman–Crippen MR) is 94.9 cm³/mol. The summed E-state index contributed by atoms with van der Waals surface area (Å²) in [6, 6.07) is 13.8. The van der Waals surface area contributed by atoms with Crippen LogP contribution in [0.15, 0.2) is 59.5 Å². The molecule has 1 aromatic carbocycles. The number of halogens is 1. The summed E-state index contributed by atoms with van der Waals surface area (Å²) in [4.78, 5) is 8.69. The number of nitrogens with one attached hydrogen (secondary N) is 2. The molecule has 2 N–H and O–H groups in total. The molecule has 3 aromatic heterocycles. The first-order valence-electron chi connectivity index (χ1n) is 7.20. The van der Waals surface area contributed by atoms with Gasteiger partial charge in [-0.3, -0.25) is 10.1 Å². The fraction of sp³-hybridized carbons (Fsp3) is 0. The van der Waals surface area contributed by atoms with Crippen molar-refractivity contribution in [3.05, 3.63) is 65.0 Å². The molecule has 0 atom stereocenters. The largest absolute Gasteiger partial charge is 0.337 e. The van der Waals surface area contributed by atoms with Crippen LogP contribution in [0.3, 0.4) is 0 Å². The summed E-state index contributed by atoms with van der Waals surface area (Å²) in [6.45, 7) is 0. The van der Waals surface area contributed by atoms with Crippen molar-refractivity contribution in [2.45, 2.75) is 0 Å². The quantitative estimate of drug-likeness (QED) is 0.562. The molecule has 0 aliphatic heterocycles. The van der Waals surface area contributed by atoms with E-state index >= 15 is 0 Å². The van der Waals surface area contributed by atoms with Gasteiger partial charge in [-0.25, -0.2) is 9.50 Å². The van der Waals surface area contributed by atoms with E-state index in [0.29, 0.717) is 11.2 Å². The summed E-state index contributed by atoms with van der Waals surface area (Å²) in [6.07, 6.45) is 5.08. The molecular formula is C17H11BrN6. The molecule has 116 valence electrons. The van der Waals surface area contributed by atoms with Crippen molar-refractivity contribution in [1.29, 1.82) is 5.26 Å². The number of nitrogens with zero attached hydrogens (tertiary/aromatic N) is 4. The Balaban J connectivity index is 1.93. The highest BCUT2D eigenvalue weighted by Gasteiger charge is 2.18. The number of anilines is 2. The summed E-state index contributed by atoms with van der Waals surface area (Å²) in [5.41, 5.74) is 3.64. The number of aromatic nitrogens is 4. The number of hydrogen-bond donors (Lipinski definition) is 2. The molecule has 0 amide bonds. The lowest BCUT2D eigenvalue weighted by molar-refractivity contribution is 0.980. The van der Waals surface area contributed by atoms with Gasteiger partial charge in [-0.15, -0.1) is 0 Å². The highest BCUT2D eigenvalue weighted by molar-refractivity contribution is 9.10. The Bertz CT molecular complexity index is 1060. The van der Waals surface area contributed by atoms with Gasteiger partial charge in [0.2, 0.25) is 0 Å². The van der Waals surface area contributed by atoms with Crippen LogP contribution in [0.4, 0.5) is 11.5 Å². The number of rotatable bonds is 3. The minimum Gasteiger partial charge on any atom is -0.337 e. The number of pyridine rings is 1. The van der Waals surface area contributed by atoms with E-state index < -0.39 is 0 Å². The minimum atomic E-state index is 0.491. The van der Waals surface area contributed by atoms with Crippen LogP contribution < -0.4 is 5.32 Å². The Kier molecular flexibility index (Phi) is 3.52. The number of imidazole rings is 1. The third kappa shape index (κ3) is 2.33. The molecule has 0 saturated heterocycles. The maximum Gasteiger partial charge on any atom is 0.173 e. The van der Waals surface area contributed by atoms with Gasteiger partial charge in [-0.05, 0) is 40.2 Å². The third-order valence-electron chi connectivity index (χ3n) is 3.66. The molecule has 4 rings (SSSR count). The molecule has 0 aliphatic carbocycles. The second-order valence-corrected chi connectivity index (χ2v) is 5.96. The van der Waals surface area contributed by atoms with Gasteiger partial charge >= 0.3 is 0 Å². The summed E-state index contributed by atoms with van der Waals surface area (Å²) in [7, 11) is 0. The molecule has 6 nitrogen and oxygen atoms in total. The van der Waals surface area contributed by atoms with Crippen LogP contribution >= 0.6 is 15.9 Å². The van der Waals surface area contributed by atoms with Crippen LogP contribution in [0.1, 0.15) is 5.56 Å². The van der Waals surface area contributed by atoms with E-state index in [1.54, 1.807) is 23.1 Å². The molecule has 3 heterocycles. The van der Waals surface area contributed by atoms with Crippen LogP contribution in [0.2, 0.25) is 0 Å². The molecule has 7 heteroatoms. The second-order valence-electron chi connectivity index (χ2n) is 5.11. The molecule has 24 heavy (non-hydrogen) atoms. The van der Waals surface area contributed by atoms with Gasteiger partial charge in [0.25, 0.3) is 0 Å². The lowest BCUT2D eigenvalue weighted by Gasteiger charge is -2.09. The number of nitriles is 1. The van der Waals surface area contributed by atoms with Crippen molar-refractivity contribution in [2.24, 2.45) is 0 Å². The maximum absolute atomic E-state index is 9.27. The summed E-state index contributed by atoms with van der Waals surface area (Å²) < 4.78 is 2.71. The SMILES string of the molecule is N#Cc1c[nH]n2c(Nc3ccccc3Br)c(-c3ccncc3)nc12. The summed E-state index contributed by atoms with van der Waals surface area (Å²) in [5, 5.41) is 15.7. The van der Waals surface area contributed by atoms with Gasteiger partial charge < -0.3 is 5.32 Å². The van der Waals surface area contributed by atoms with Gasteiger partial charge in [0.1, 0.15) is 17.3 Å². The average Bonchev–Trinajstić information content (AvgIpc) is 3.17. The average molecular weight is 379 g/mol. The fourth-order valence-corrected chi connectivity index (χ4v) is 2.90. The van der Waals surface area contributed by atoms with E-state index in [2.05, 4.69) is 42.4 Å². The van der Waals surface area contributed by atoms with E-state index in [-0.39, 0.29) is 0 Å². The first-order valence-corrected chi connectivity index (χ1v) is 7.99. The number of H-pyrrole nitrogens is 1. The smallest absolute Gasteiger partial charge is 0.173 e. The summed E-state index contributed by atoms with van der Waals surface area (Å²) >= 11 is 3.54. The van der Waals surface area contributed by atoms with Crippen molar-refractivity contribution >= 4 is 33.1 Å². The molecular weight excluding hydrogens is 368 g/mol. The minimum absolute atomic E-state index is 0.491. The van der Waals surface area contributed by atoms with Crippen LogP contribution in [0, 0.1) is 11.3 Å². The Labute approximate surface area is 145 Å². The standard InChI is InChI=1S/C17H11BrN6/c18-13-3-1-2-4-14(13)22-17-15(11-5-7-20-8-6-11)23-16-12(9-19)10-21-24(16)17/h1-8,10,21-22H. The van der Waals surface area contributed by atoms with Crippen molar-refractivity contribution in [3.8, 4) is 17.3 Å². The highest BCUT2D eigenvalue weighted by atomic mass is 79.9. The predicted octanol–water partition coefficient (Wildman–Crippen LogP) is 4.10. The molecule has 4 aromatic rings. The van der Waals surface area contributed by atoms with E-state index in [1.165, 1.54) is 0 Å². The molecule has 0 spiro atoms. The zero-order valence-electron chi connectivity index (χ0n) is 12.4. The van der Waals surface area contributed by atoms with Gasteiger partial charge in [0, 0.05) is 28.6 Å². The number of aromatic amines is 1. The van der Waals surface area contributed by atoms with Crippen molar-refractivity contribution in [3.63, 3.8) is 0 Å². The highest BCUT2D eigenvalue weighted by Crippen LogP contribution is 2.33. The molecule has 0 bridgehead atoms. The monoisotopic (exact) mass is 378 g/mol. The normalized spacial score (nSPS) is 10.7. The first kappa shape index (κ1) is 14.5. The van der Waals surface area contributed by atoms with Gasteiger partial charge in [-0.2, -0.15) is 5.26 Å². The third-order valence-corrected chi connectivity index (χ3v) is 4.35. The first-order chi connectivity index (χ1) is 11.8. The maximum atomic E-state index is 9.27. The van der Waals surface area contributed by atoms with Crippen LogP contribution in [0.25, 0.3) is 16.9 Å². The molecule has 0 saturated carbocycles. The van der Waals surface area contributed by atoms with E-state index in [1.807, 2.05) is 36.4 Å². The van der Waals surface area contributed by atoms with Crippen molar-refractivity contribution in [2.75, 3.05) is 5.32 Å². The molecule has 0 unspecified atom stereocenters.